The molecule has 0 unspecified atom stereocenters. The van der Waals surface area contributed by atoms with E-state index in [1.807, 2.05) is 0 Å². The first-order valence-corrected chi connectivity index (χ1v) is 10.7. The van der Waals surface area contributed by atoms with Crippen molar-refractivity contribution in [3.05, 3.63) is 58.7 Å². The summed E-state index contributed by atoms with van der Waals surface area (Å²) in [7, 11) is 1.68. The molecule has 0 bridgehead atoms. The summed E-state index contributed by atoms with van der Waals surface area (Å²) >= 11 is 0. The van der Waals surface area contributed by atoms with Crippen molar-refractivity contribution in [2.45, 2.75) is 33.2 Å². The van der Waals surface area contributed by atoms with Gasteiger partial charge in [0.15, 0.2) is 5.96 Å². The van der Waals surface area contributed by atoms with Crippen LogP contribution in [-0.2, 0) is 24.1 Å². The molecule has 1 heterocycles. The summed E-state index contributed by atoms with van der Waals surface area (Å²) < 4.78 is 16.6. The van der Waals surface area contributed by atoms with Gasteiger partial charge in [0.1, 0.15) is 18.1 Å². The van der Waals surface area contributed by atoms with E-state index in [1.165, 1.54) is 16.7 Å². The topological polar surface area (TPSA) is 64.1 Å². The number of aryl methyl sites for hydroxylation is 1. The van der Waals surface area contributed by atoms with Crippen LogP contribution in [0.1, 0.15) is 29.2 Å². The molecular weight excluding hydrogens is 378 g/mol. The fraction of sp³-hybridized carbons (Fsp3) is 0.458. The van der Waals surface area contributed by atoms with Crippen molar-refractivity contribution in [1.82, 2.24) is 10.6 Å². The minimum atomic E-state index is 0.529. The van der Waals surface area contributed by atoms with E-state index in [1.54, 1.807) is 7.11 Å². The average Bonchev–Trinajstić information content (AvgIpc) is 3.21. The summed E-state index contributed by atoms with van der Waals surface area (Å²) in [6, 6.07) is 12.7. The summed E-state index contributed by atoms with van der Waals surface area (Å²) in [6.07, 6.45) is 1.94. The Morgan fingerprint density at radius 2 is 2.03 bits per heavy atom. The summed E-state index contributed by atoms with van der Waals surface area (Å²) in [5.41, 5.74) is 4.86. The molecule has 30 heavy (non-hydrogen) atoms. The lowest BCUT2D eigenvalue weighted by Gasteiger charge is -2.14. The molecule has 1 aliphatic rings. The number of guanidine groups is 1. The van der Waals surface area contributed by atoms with Crippen LogP contribution in [0, 0.1) is 6.92 Å². The second kappa shape index (κ2) is 11.5. The molecule has 0 amide bonds. The van der Waals surface area contributed by atoms with Crippen molar-refractivity contribution in [2.24, 2.45) is 4.99 Å². The number of nitrogens with zero attached hydrogens (tertiary/aromatic N) is 1. The maximum absolute atomic E-state index is 5.88. The lowest BCUT2D eigenvalue weighted by atomic mass is 10.1. The van der Waals surface area contributed by atoms with Crippen LogP contribution in [0.5, 0.6) is 11.5 Å². The van der Waals surface area contributed by atoms with Gasteiger partial charge in [0.25, 0.3) is 0 Å². The first-order chi connectivity index (χ1) is 14.7. The number of benzene rings is 2. The molecule has 2 N–H and O–H groups in total. The number of aliphatic imine (C=N–C) groups is 1. The van der Waals surface area contributed by atoms with Crippen molar-refractivity contribution in [3.8, 4) is 11.5 Å². The first kappa shape index (κ1) is 22.0. The fourth-order valence-corrected chi connectivity index (χ4v) is 3.39. The van der Waals surface area contributed by atoms with Gasteiger partial charge < -0.3 is 24.8 Å². The predicted molar refractivity (Wildman–Crippen MR) is 121 cm³/mol. The monoisotopic (exact) mass is 411 g/mol. The summed E-state index contributed by atoms with van der Waals surface area (Å²) in [5, 5.41) is 6.76. The van der Waals surface area contributed by atoms with Crippen molar-refractivity contribution >= 4 is 5.96 Å². The van der Waals surface area contributed by atoms with Gasteiger partial charge in [-0.25, -0.2) is 4.99 Å². The Bertz CT molecular complexity index is 852. The largest absolute Gasteiger partial charge is 0.493 e. The highest BCUT2D eigenvalue weighted by molar-refractivity contribution is 5.79. The molecule has 0 saturated heterocycles. The normalized spacial score (nSPS) is 13.0. The predicted octanol–water partition coefficient (Wildman–Crippen LogP) is 3.25. The highest BCUT2D eigenvalue weighted by atomic mass is 16.5. The standard InChI is InChI=1S/C24H33N3O3/c1-4-25-24(26-11-9-19-6-8-22-20(16-19)10-12-29-22)27-17-21-7-5-18(2)15-23(21)30-14-13-28-3/h5-8,15-16H,4,9-14,17H2,1-3H3,(H2,25,26,27). The van der Waals surface area contributed by atoms with Crippen LogP contribution < -0.4 is 20.1 Å². The van der Waals surface area contributed by atoms with E-state index in [0.29, 0.717) is 19.8 Å². The Labute approximate surface area is 179 Å². The highest BCUT2D eigenvalue weighted by Crippen LogP contribution is 2.26. The second-order valence-electron chi connectivity index (χ2n) is 7.36. The molecule has 2 aromatic rings. The van der Waals surface area contributed by atoms with Crippen LogP contribution in [-0.4, -0.2) is 46.0 Å². The molecule has 6 nitrogen and oxygen atoms in total. The van der Waals surface area contributed by atoms with Gasteiger partial charge in [-0.3, -0.25) is 0 Å². The lowest BCUT2D eigenvalue weighted by molar-refractivity contribution is 0.145. The number of hydrogen-bond acceptors (Lipinski definition) is 4. The highest BCUT2D eigenvalue weighted by Gasteiger charge is 2.12. The minimum Gasteiger partial charge on any atom is -0.493 e. The van der Waals surface area contributed by atoms with Crippen LogP contribution in [0.15, 0.2) is 41.4 Å². The van der Waals surface area contributed by atoms with Gasteiger partial charge in [0.2, 0.25) is 0 Å². The average molecular weight is 412 g/mol. The zero-order valence-corrected chi connectivity index (χ0v) is 18.3. The molecule has 2 aromatic carbocycles. The summed E-state index contributed by atoms with van der Waals surface area (Å²) in [4.78, 5) is 4.75. The maximum Gasteiger partial charge on any atom is 0.191 e. The van der Waals surface area contributed by atoms with E-state index >= 15 is 0 Å². The van der Waals surface area contributed by atoms with E-state index < -0.39 is 0 Å². The van der Waals surface area contributed by atoms with Gasteiger partial charge in [-0.05, 0) is 49.1 Å². The van der Waals surface area contributed by atoms with Gasteiger partial charge in [0.05, 0.1) is 19.8 Å². The molecule has 0 atom stereocenters. The van der Waals surface area contributed by atoms with Crippen LogP contribution >= 0.6 is 0 Å². The molecule has 162 valence electrons. The number of nitrogens with one attached hydrogen (secondary N) is 2. The summed E-state index contributed by atoms with van der Waals surface area (Å²) in [6.45, 7) is 8.20. The SMILES string of the molecule is CCNC(=NCc1ccc(C)cc1OCCOC)NCCc1ccc2c(c1)CCO2. The molecular formula is C24H33N3O3. The van der Waals surface area contributed by atoms with Crippen LogP contribution in [0.2, 0.25) is 0 Å². The molecule has 0 aromatic heterocycles. The Morgan fingerprint density at radius 3 is 2.87 bits per heavy atom. The quantitative estimate of drug-likeness (QED) is 0.357. The van der Waals surface area contributed by atoms with E-state index in [9.17, 15) is 0 Å². The Hall–Kier alpha value is -2.73. The molecule has 3 rings (SSSR count). The zero-order chi connectivity index (χ0) is 21.2. The third-order valence-corrected chi connectivity index (χ3v) is 4.98. The molecule has 1 aliphatic heterocycles. The van der Waals surface area contributed by atoms with Crippen molar-refractivity contribution in [1.29, 1.82) is 0 Å². The smallest absolute Gasteiger partial charge is 0.191 e. The first-order valence-electron chi connectivity index (χ1n) is 10.7. The number of methoxy groups -OCH3 is 1. The Balaban J connectivity index is 1.57. The minimum absolute atomic E-state index is 0.529. The lowest BCUT2D eigenvalue weighted by Crippen LogP contribution is -2.38. The Kier molecular flexibility index (Phi) is 8.39. The van der Waals surface area contributed by atoms with E-state index in [0.717, 1.165) is 55.6 Å². The van der Waals surface area contributed by atoms with Crippen LogP contribution in [0.3, 0.4) is 0 Å². The number of fused-ring (bicyclic) bond motifs is 1. The second-order valence-corrected chi connectivity index (χ2v) is 7.36. The molecule has 0 saturated carbocycles. The summed E-state index contributed by atoms with van der Waals surface area (Å²) in [5.74, 6) is 2.71. The van der Waals surface area contributed by atoms with Gasteiger partial charge in [0, 0.05) is 32.2 Å². The molecule has 0 spiro atoms. The van der Waals surface area contributed by atoms with Gasteiger partial charge in [-0.1, -0.05) is 24.3 Å². The maximum atomic E-state index is 5.88. The molecule has 0 fully saturated rings. The Morgan fingerprint density at radius 1 is 1.13 bits per heavy atom. The third-order valence-electron chi connectivity index (χ3n) is 4.98. The van der Waals surface area contributed by atoms with Crippen molar-refractivity contribution in [2.75, 3.05) is 40.0 Å². The van der Waals surface area contributed by atoms with Gasteiger partial charge in [-0.15, -0.1) is 0 Å². The molecule has 0 aliphatic carbocycles. The van der Waals surface area contributed by atoms with E-state index in [2.05, 4.69) is 60.9 Å². The third kappa shape index (κ3) is 6.39. The zero-order valence-electron chi connectivity index (χ0n) is 18.3. The van der Waals surface area contributed by atoms with Crippen molar-refractivity contribution < 1.29 is 14.2 Å². The van der Waals surface area contributed by atoms with E-state index in [4.69, 9.17) is 19.2 Å². The van der Waals surface area contributed by atoms with Crippen LogP contribution in [0.4, 0.5) is 0 Å². The van der Waals surface area contributed by atoms with Crippen molar-refractivity contribution in [3.63, 3.8) is 0 Å². The molecule has 6 heteroatoms. The number of ether oxygens (including phenoxy) is 3. The number of rotatable bonds is 10. The molecule has 0 radical (unpaired) electrons. The number of hydrogen-bond donors (Lipinski definition) is 2. The van der Waals surface area contributed by atoms with Crippen LogP contribution in [0.25, 0.3) is 0 Å². The van der Waals surface area contributed by atoms with Gasteiger partial charge in [-0.2, -0.15) is 0 Å². The fourth-order valence-electron chi connectivity index (χ4n) is 3.39. The van der Waals surface area contributed by atoms with Gasteiger partial charge >= 0.3 is 0 Å². The van der Waals surface area contributed by atoms with E-state index in [-0.39, 0.29) is 0 Å².